The van der Waals surface area contributed by atoms with Gasteiger partial charge in [0.05, 0.1) is 30.0 Å². The van der Waals surface area contributed by atoms with Gasteiger partial charge in [-0.2, -0.15) is 0 Å². The summed E-state index contributed by atoms with van der Waals surface area (Å²) in [5.74, 6) is -4.24. The fourth-order valence-corrected chi connectivity index (χ4v) is 3.80. The van der Waals surface area contributed by atoms with Crippen LogP contribution < -0.4 is 10.0 Å². The van der Waals surface area contributed by atoms with E-state index in [9.17, 15) is 26.4 Å². The fourth-order valence-electron chi connectivity index (χ4n) is 2.72. The van der Waals surface area contributed by atoms with Crippen molar-refractivity contribution in [3.8, 4) is 0 Å². The number of hydrogen-bond donors (Lipinski definition) is 3. The molecule has 0 atom stereocenters. The molecule has 3 aromatic rings. The number of nitrogens with one attached hydrogen (secondary N) is 3. The predicted molar refractivity (Wildman–Crippen MR) is 103 cm³/mol. The lowest BCUT2D eigenvalue weighted by Gasteiger charge is -2.12. The monoisotopic (exact) mass is 426 g/mol. The van der Waals surface area contributed by atoms with Crippen molar-refractivity contribution < 1.29 is 26.4 Å². The molecule has 0 saturated carbocycles. The molecule has 154 valence electrons. The maximum Gasteiger partial charge on any atom is 0.261 e. The maximum atomic E-state index is 14.7. The average Bonchev–Trinajstić information content (AvgIpc) is 3.02. The van der Waals surface area contributed by atoms with E-state index in [0.29, 0.717) is 11.0 Å². The molecule has 1 amide bonds. The summed E-state index contributed by atoms with van der Waals surface area (Å²) < 4.78 is 66.6. The third-order valence-corrected chi connectivity index (χ3v) is 5.35. The van der Waals surface area contributed by atoms with Crippen LogP contribution in [0.3, 0.4) is 0 Å². The molecule has 7 nitrogen and oxygen atoms in total. The summed E-state index contributed by atoms with van der Waals surface area (Å²) in [5.41, 5.74) is 0.0730. The first-order valence-electron chi connectivity index (χ1n) is 8.51. The number of hydrogen-bond acceptors (Lipinski definition) is 4. The van der Waals surface area contributed by atoms with E-state index in [2.05, 4.69) is 15.3 Å². The van der Waals surface area contributed by atoms with E-state index >= 15 is 0 Å². The molecule has 0 aliphatic carbocycles. The minimum atomic E-state index is -4.05. The summed E-state index contributed by atoms with van der Waals surface area (Å²) in [6.07, 6.45) is 1.04. The number of sulfonamides is 1. The zero-order chi connectivity index (χ0) is 21.2. The van der Waals surface area contributed by atoms with Gasteiger partial charge in [-0.3, -0.25) is 13.9 Å². The van der Waals surface area contributed by atoms with E-state index < -0.39 is 51.2 Å². The minimum absolute atomic E-state index is 0.203. The molecule has 0 bridgehead atoms. The van der Waals surface area contributed by atoms with Crippen LogP contribution in [0.15, 0.2) is 30.5 Å². The molecule has 29 heavy (non-hydrogen) atoms. The molecule has 2 aromatic heterocycles. The zero-order valence-corrected chi connectivity index (χ0v) is 16.0. The number of halogens is 3. The highest BCUT2D eigenvalue weighted by atomic mass is 32.2. The van der Waals surface area contributed by atoms with Crippen molar-refractivity contribution in [2.75, 3.05) is 22.5 Å². The van der Waals surface area contributed by atoms with Crippen molar-refractivity contribution in [2.24, 2.45) is 0 Å². The van der Waals surface area contributed by atoms with Crippen LogP contribution in [-0.4, -0.2) is 36.7 Å². The van der Waals surface area contributed by atoms with E-state index in [-0.39, 0.29) is 12.1 Å². The van der Waals surface area contributed by atoms with Crippen molar-refractivity contribution in [2.45, 2.75) is 13.3 Å². The Kier molecular flexibility index (Phi) is 5.78. The Morgan fingerprint density at radius 3 is 2.72 bits per heavy atom. The number of amides is 1. The van der Waals surface area contributed by atoms with Gasteiger partial charge < -0.3 is 10.3 Å². The van der Waals surface area contributed by atoms with Gasteiger partial charge >= 0.3 is 0 Å². The highest BCUT2D eigenvalue weighted by Crippen LogP contribution is 2.24. The van der Waals surface area contributed by atoms with Gasteiger partial charge in [0.25, 0.3) is 5.91 Å². The zero-order valence-electron chi connectivity index (χ0n) is 15.2. The van der Waals surface area contributed by atoms with Crippen molar-refractivity contribution >= 4 is 38.3 Å². The molecule has 0 radical (unpaired) electrons. The Hall–Kier alpha value is -3.08. The Morgan fingerprint density at radius 2 is 2.00 bits per heavy atom. The molecule has 0 aliphatic rings. The highest BCUT2D eigenvalue weighted by Gasteiger charge is 2.23. The van der Waals surface area contributed by atoms with Crippen LogP contribution in [0, 0.1) is 18.6 Å². The summed E-state index contributed by atoms with van der Waals surface area (Å²) in [6.45, 7) is 0.963. The summed E-state index contributed by atoms with van der Waals surface area (Å²) in [5, 5.41) is 3.03. The first-order valence-corrected chi connectivity index (χ1v) is 10.2. The van der Waals surface area contributed by atoms with E-state index in [0.717, 1.165) is 17.8 Å². The standard InChI is InChI=1S/C18H17F3N4O3S/c1-10-7-11-8-12(9-22-17(11)23-10)24-18(26)15-13(20)3-4-14(16(15)21)25-29(27,28)6-2-5-19/h3-4,7-9,25H,2,5-6H2,1H3,(H,22,23)(H,24,26). The smallest absolute Gasteiger partial charge is 0.261 e. The molecular formula is C18H17F3N4O3S. The van der Waals surface area contributed by atoms with Crippen molar-refractivity contribution in [3.05, 3.63) is 53.4 Å². The van der Waals surface area contributed by atoms with Crippen molar-refractivity contribution in [1.29, 1.82) is 0 Å². The van der Waals surface area contributed by atoms with Crippen LogP contribution >= 0.6 is 0 Å². The van der Waals surface area contributed by atoms with Crippen LogP contribution in [0.5, 0.6) is 0 Å². The number of aromatic amines is 1. The molecule has 3 rings (SSSR count). The topological polar surface area (TPSA) is 104 Å². The average molecular weight is 426 g/mol. The minimum Gasteiger partial charge on any atom is -0.344 e. The van der Waals surface area contributed by atoms with Crippen LogP contribution in [-0.2, 0) is 10.0 Å². The quantitative estimate of drug-likeness (QED) is 0.538. The van der Waals surface area contributed by atoms with Crippen molar-refractivity contribution in [3.63, 3.8) is 0 Å². The second-order valence-electron chi connectivity index (χ2n) is 6.32. The number of carbonyl (C=O) groups is 1. The molecular weight excluding hydrogens is 409 g/mol. The fraction of sp³-hybridized carbons (Fsp3) is 0.222. The SMILES string of the molecule is Cc1cc2cc(NC(=O)c3c(F)ccc(NS(=O)(=O)CCCF)c3F)cnc2[nH]1. The molecule has 2 heterocycles. The highest BCUT2D eigenvalue weighted by molar-refractivity contribution is 7.92. The molecule has 0 spiro atoms. The number of aryl methyl sites for hydroxylation is 1. The first-order chi connectivity index (χ1) is 13.7. The molecule has 0 aliphatic heterocycles. The van der Waals surface area contributed by atoms with Gasteiger partial charge in [0, 0.05) is 11.1 Å². The summed E-state index contributed by atoms with van der Waals surface area (Å²) >= 11 is 0. The van der Waals surface area contributed by atoms with Crippen LogP contribution in [0.1, 0.15) is 22.5 Å². The lowest BCUT2D eigenvalue weighted by Crippen LogP contribution is -2.21. The number of nitrogens with zero attached hydrogens (tertiary/aromatic N) is 1. The number of benzene rings is 1. The van der Waals surface area contributed by atoms with Crippen LogP contribution in [0.2, 0.25) is 0 Å². The van der Waals surface area contributed by atoms with Crippen molar-refractivity contribution in [1.82, 2.24) is 9.97 Å². The Morgan fingerprint density at radius 1 is 1.24 bits per heavy atom. The lowest BCUT2D eigenvalue weighted by atomic mass is 10.1. The largest absolute Gasteiger partial charge is 0.344 e. The van der Waals surface area contributed by atoms with Gasteiger partial charge in [-0.15, -0.1) is 0 Å². The van der Waals surface area contributed by atoms with Crippen LogP contribution in [0.25, 0.3) is 11.0 Å². The second kappa shape index (κ2) is 8.11. The summed E-state index contributed by atoms with van der Waals surface area (Å²) in [4.78, 5) is 19.5. The second-order valence-corrected chi connectivity index (χ2v) is 8.16. The predicted octanol–water partition coefficient (Wildman–Crippen LogP) is 3.50. The number of anilines is 2. The van der Waals surface area contributed by atoms with Gasteiger partial charge in [-0.1, -0.05) is 0 Å². The number of aromatic nitrogens is 2. The third kappa shape index (κ3) is 4.67. The molecule has 1 aromatic carbocycles. The summed E-state index contributed by atoms with van der Waals surface area (Å²) in [6, 6.07) is 4.97. The molecule has 11 heteroatoms. The Bertz CT molecular complexity index is 1180. The number of rotatable bonds is 7. The van der Waals surface area contributed by atoms with E-state index in [1.54, 1.807) is 12.1 Å². The van der Waals surface area contributed by atoms with Gasteiger partial charge in [-0.05, 0) is 37.6 Å². The van der Waals surface area contributed by atoms with E-state index in [1.165, 1.54) is 6.20 Å². The van der Waals surface area contributed by atoms with E-state index in [4.69, 9.17) is 0 Å². The molecule has 3 N–H and O–H groups in total. The number of carbonyl (C=O) groups excluding carboxylic acids is 1. The number of alkyl halides is 1. The Balaban J connectivity index is 1.87. The number of pyridine rings is 1. The van der Waals surface area contributed by atoms with Gasteiger partial charge in [0.2, 0.25) is 10.0 Å². The number of fused-ring (bicyclic) bond motifs is 1. The lowest BCUT2D eigenvalue weighted by molar-refractivity contribution is 0.101. The number of H-pyrrole nitrogens is 1. The molecule has 0 fully saturated rings. The van der Waals surface area contributed by atoms with Gasteiger partial charge in [0.1, 0.15) is 17.0 Å². The Labute approximate surface area is 164 Å². The third-order valence-electron chi connectivity index (χ3n) is 3.99. The van der Waals surface area contributed by atoms with Gasteiger partial charge in [-0.25, -0.2) is 22.2 Å². The van der Waals surface area contributed by atoms with Gasteiger partial charge in [0.15, 0.2) is 5.82 Å². The summed E-state index contributed by atoms with van der Waals surface area (Å²) in [7, 11) is -4.05. The first kappa shape index (κ1) is 20.6. The van der Waals surface area contributed by atoms with Crippen LogP contribution in [0.4, 0.5) is 24.5 Å². The van der Waals surface area contributed by atoms with E-state index in [1.807, 2.05) is 11.6 Å². The normalized spacial score (nSPS) is 11.6. The maximum absolute atomic E-state index is 14.7. The molecule has 0 saturated heterocycles. The molecule has 0 unspecified atom stereocenters.